The Morgan fingerprint density at radius 1 is 1.28 bits per heavy atom. The van der Waals surface area contributed by atoms with Crippen molar-refractivity contribution in [3.63, 3.8) is 0 Å². The average molecular weight is 465 g/mol. The van der Waals surface area contributed by atoms with Gasteiger partial charge in [0, 0.05) is 11.4 Å². The van der Waals surface area contributed by atoms with Crippen LogP contribution in [0.15, 0.2) is 41.6 Å². The summed E-state index contributed by atoms with van der Waals surface area (Å²) < 4.78 is 54.2. The van der Waals surface area contributed by atoms with Gasteiger partial charge in [0.15, 0.2) is 5.11 Å². The standard InChI is InChI=1S/C20H15F4N5O2S/c21-16-8-13(3-4-14(16)17(26)30)29(19(5-6-19)10-27-31)18(32)28-12-2-1-11(9-25)15(7-12)20(22,23)24/h1-4,7-8H,5-6,10H2,(H2,26,30)(H,28,32). The van der Waals surface area contributed by atoms with Crippen molar-refractivity contribution in [3.8, 4) is 6.07 Å². The van der Waals surface area contributed by atoms with Crippen LogP contribution in [0.5, 0.6) is 0 Å². The fraction of sp³-hybridized carbons (Fsp3) is 0.250. The monoisotopic (exact) mass is 465 g/mol. The Kier molecular flexibility index (Phi) is 6.13. The van der Waals surface area contributed by atoms with E-state index in [4.69, 9.17) is 23.2 Å². The van der Waals surface area contributed by atoms with E-state index < -0.39 is 34.6 Å². The molecule has 0 aromatic heterocycles. The Bertz CT molecular complexity index is 1140. The first-order chi connectivity index (χ1) is 15.0. The number of rotatable bonds is 6. The molecule has 0 heterocycles. The largest absolute Gasteiger partial charge is 0.417 e. The van der Waals surface area contributed by atoms with E-state index in [1.807, 2.05) is 0 Å². The van der Waals surface area contributed by atoms with E-state index in [1.54, 1.807) is 0 Å². The third-order valence-electron chi connectivity index (χ3n) is 5.04. The zero-order valence-electron chi connectivity index (χ0n) is 16.2. The molecule has 1 fully saturated rings. The molecular weight excluding hydrogens is 450 g/mol. The van der Waals surface area contributed by atoms with Crippen LogP contribution in [0.2, 0.25) is 0 Å². The van der Waals surface area contributed by atoms with Gasteiger partial charge in [0.1, 0.15) is 12.4 Å². The van der Waals surface area contributed by atoms with Gasteiger partial charge < -0.3 is 16.0 Å². The van der Waals surface area contributed by atoms with Crippen LogP contribution in [-0.4, -0.2) is 23.1 Å². The lowest BCUT2D eigenvalue weighted by atomic mass is 10.1. The molecule has 0 aliphatic heterocycles. The Labute approximate surface area is 184 Å². The number of nitrogens with one attached hydrogen (secondary N) is 1. The van der Waals surface area contributed by atoms with Gasteiger partial charge in [-0.15, -0.1) is 0 Å². The van der Waals surface area contributed by atoms with Gasteiger partial charge in [-0.2, -0.15) is 23.3 Å². The number of carbonyl (C=O) groups is 1. The van der Waals surface area contributed by atoms with Gasteiger partial charge in [-0.1, -0.05) is 5.18 Å². The third-order valence-corrected chi connectivity index (χ3v) is 5.32. The number of nitrogens with zero attached hydrogens (tertiary/aromatic N) is 3. The number of anilines is 2. The number of nitroso groups, excluding NO2 is 1. The molecule has 2 aromatic carbocycles. The molecule has 0 unspecified atom stereocenters. The van der Waals surface area contributed by atoms with Crippen molar-refractivity contribution in [2.75, 3.05) is 16.8 Å². The van der Waals surface area contributed by atoms with E-state index in [0.717, 1.165) is 24.3 Å². The van der Waals surface area contributed by atoms with Gasteiger partial charge in [0.25, 0.3) is 5.91 Å². The van der Waals surface area contributed by atoms with Crippen molar-refractivity contribution >= 4 is 34.6 Å². The van der Waals surface area contributed by atoms with E-state index in [9.17, 15) is 27.3 Å². The minimum absolute atomic E-state index is 0.0598. The van der Waals surface area contributed by atoms with E-state index in [2.05, 4.69) is 10.5 Å². The lowest BCUT2D eigenvalue weighted by Gasteiger charge is -2.33. The molecule has 1 aliphatic rings. The van der Waals surface area contributed by atoms with Crippen LogP contribution >= 0.6 is 12.2 Å². The number of nitriles is 1. The van der Waals surface area contributed by atoms with Crippen LogP contribution in [0, 0.1) is 22.1 Å². The zero-order valence-corrected chi connectivity index (χ0v) is 17.1. The summed E-state index contributed by atoms with van der Waals surface area (Å²) >= 11 is 5.38. The summed E-state index contributed by atoms with van der Waals surface area (Å²) in [4.78, 5) is 23.7. The fourth-order valence-electron chi connectivity index (χ4n) is 3.30. The van der Waals surface area contributed by atoms with Gasteiger partial charge in [-0.25, -0.2) is 4.39 Å². The zero-order chi connectivity index (χ0) is 23.7. The quantitative estimate of drug-likeness (QED) is 0.373. The second-order valence-corrected chi connectivity index (χ2v) is 7.56. The van der Waals surface area contributed by atoms with Crippen LogP contribution in [0.25, 0.3) is 0 Å². The first kappa shape index (κ1) is 23.1. The van der Waals surface area contributed by atoms with Gasteiger partial charge in [0.05, 0.1) is 28.3 Å². The van der Waals surface area contributed by atoms with Crippen molar-refractivity contribution in [2.45, 2.75) is 24.6 Å². The summed E-state index contributed by atoms with van der Waals surface area (Å²) in [6.07, 6.45) is -3.82. The molecule has 1 amide bonds. The van der Waals surface area contributed by atoms with E-state index >= 15 is 0 Å². The smallest absolute Gasteiger partial charge is 0.366 e. The Morgan fingerprint density at radius 2 is 1.97 bits per heavy atom. The van der Waals surface area contributed by atoms with Gasteiger partial charge in [0.2, 0.25) is 0 Å². The highest BCUT2D eigenvalue weighted by molar-refractivity contribution is 7.80. The molecule has 0 radical (unpaired) electrons. The number of primary amides is 1. The van der Waals surface area contributed by atoms with Crippen LogP contribution in [-0.2, 0) is 6.18 Å². The number of nitrogens with two attached hydrogens (primary N) is 1. The average Bonchev–Trinajstić information content (AvgIpc) is 3.47. The minimum Gasteiger partial charge on any atom is -0.366 e. The van der Waals surface area contributed by atoms with Gasteiger partial charge in [-0.05, 0) is 61.5 Å². The molecule has 3 N–H and O–H groups in total. The summed E-state index contributed by atoms with van der Waals surface area (Å²) in [5, 5.41) is 14.4. The van der Waals surface area contributed by atoms with Crippen LogP contribution < -0.4 is 16.0 Å². The summed E-state index contributed by atoms with van der Waals surface area (Å²) in [5.74, 6) is -1.90. The fourth-order valence-corrected chi connectivity index (χ4v) is 3.72. The second-order valence-electron chi connectivity index (χ2n) is 7.18. The van der Waals surface area contributed by atoms with Crippen molar-refractivity contribution < 1.29 is 22.4 Å². The number of carbonyl (C=O) groups excluding carboxylic acids is 1. The van der Waals surface area contributed by atoms with Crippen LogP contribution in [0.4, 0.5) is 28.9 Å². The Balaban J connectivity index is 2.00. The van der Waals surface area contributed by atoms with Gasteiger partial charge >= 0.3 is 6.18 Å². The lowest BCUT2D eigenvalue weighted by Crippen LogP contribution is -2.46. The van der Waals surface area contributed by atoms with Crippen molar-refractivity contribution in [3.05, 3.63) is 63.8 Å². The summed E-state index contributed by atoms with van der Waals surface area (Å²) in [5.41, 5.74) is 2.28. The summed E-state index contributed by atoms with van der Waals surface area (Å²) in [7, 11) is 0. The number of halogens is 4. The molecule has 0 bridgehead atoms. The van der Waals surface area contributed by atoms with Crippen molar-refractivity contribution in [1.82, 2.24) is 0 Å². The summed E-state index contributed by atoms with van der Waals surface area (Å²) in [6.45, 7) is -0.199. The maximum Gasteiger partial charge on any atom is 0.417 e. The molecule has 166 valence electrons. The predicted molar refractivity (Wildman–Crippen MR) is 112 cm³/mol. The van der Waals surface area contributed by atoms with E-state index in [0.29, 0.717) is 12.8 Å². The number of amides is 1. The van der Waals surface area contributed by atoms with Crippen molar-refractivity contribution in [2.24, 2.45) is 10.9 Å². The normalized spacial score (nSPS) is 14.2. The molecule has 0 atom stereocenters. The Morgan fingerprint density at radius 3 is 2.47 bits per heavy atom. The molecule has 1 saturated carbocycles. The maximum atomic E-state index is 14.4. The van der Waals surface area contributed by atoms with E-state index in [1.165, 1.54) is 23.1 Å². The molecule has 12 heteroatoms. The third kappa shape index (κ3) is 4.52. The van der Waals surface area contributed by atoms with Crippen molar-refractivity contribution in [1.29, 1.82) is 5.26 Å². The molecule has 7 nitrogen and oxygen atoms in total. The first-order valence-corrected chi connectivity index (χ1v) is 9.54. The topological polar surface area (TPSA) is 112 Å². The summed E-state index contributed by atoms with van der Waals surface area (Å²) in [6, 6.07) is 7.97. The molecule has 0 spiro atoms. The number of benzene rings is 2. The maximum absolute atomic E-state index is 14.4. The second kappa shape index (κ2) is 8.51. The first-order valence-electron chi connectivity index (χ1n) is 9.13. The molecule has 1 aliphatic carbocycles. The molecule has 32 heavy (non-hydrogen) atoms. The Hall–Kier alpha value is -3.59. The SMILES string of the molecule is N#Cc1ccc(NC(=S)N(c2ccc(C(N)=O)c(F)c2)C2(CN=O)CC2)cc1C(F)(F)F. The predicted octanol–water partition coefficient (Wildman–Crippen LogP) is 4.32. The number of alkyl halides is 3. The highest BCUT2D eigenvalue weighted by Gasteiger charge is 2.50. The highest BCUT2D eigenvalue weighted by Crippen LogP contribution is 2.45. The van der Waals surface area contributed by atoms with Crippen LogP contribution in [0.3, 0.4) is 0 Å². The lowest BCUT2D eigenvalue weighted by molar-refractivity contribution is -0.137. The number of hydrogen-bond acceptors (Lipinski definition) is 5. The minimum atomic E-state index is -4.77. The molecular formula is C20H15F4N5O2S. The number of hydrogen-bond donors (Lipinski definition) is 2. The number of thiocarbonyl (C=S) groups is 1. The molecule has 3 rings (SSSR count). The van der Waals surface area contributed by atoms with E-state index in [-0.39, 0.29) is 28.6 Å². The molecule has 2 aromatic rings. The van der Waals surface area contributed by atoms with Gasteiger partial charge in [-0.3, -0.25) is 4.79 Å². The van der Waals surface area contributed by atoms with Crippen LogP contribution in [0.1, 0.15) is 34.3 Å². The highest BCUT2D eigenvalue weighted by atomic mass is 32.1. The molecule has 0 saturated heterocycles.